The highest BCUT2D eigenvalue weighted by atomic mass is 14.1. The normalized spacial score (nSPS) is 12.9. The van der Waals surface area contributed by atoms with E-state index in [-0.39, 0.29) is 0 Å². The molecule has 0 nitrogen and oxygen atoms in total. The van der Waals surface area contributed by atoms with Gasteiger partial charge in [0.1, 0.15) is 0 Å². The predicted octanol–water partition coefficient (Wildman–Crippen LogP) is 5.64. The highest BCUT2D eigenvalue weighted by Gasteiger charge is 2.04. The third-order valence-electron chi connectivity index (χ3n) is 3.84. The van der Waals surface area contributed by atoms with Gasteiger partial charge in [-0.05, 0) is 42.2 Å². The minimum atomic E-state index is 0.860. The Hall–Kier alpha value is -0.780. The molecule has 18 heavy (non-hydrogen) atoms. The summed E-state index contributed by atoms with van der Waals surface area (Å²) in [7, 11) is 0. The first-order chi connectivity index (χ1) is 8.61. The SMILES string of the molecule is CCc1ccc(CCC(C)CCCC(C)C)cc1. The molecule has 1 unspecified atom stereocenters. The van der Waals surface area contributed by atoms with Gasteiger partial charge in [0.2, 0.25) is 0 Å². The van der Waals surface area contributed by atoms with Crippen LogP contribution in [-0.2, 0) is 12.8 Å². The van der Waals surface area contributed by atoms with Gasteiger partial charge in [-0.3, -0.25) is 0 Å². The molecule has 1 rings (SSSR count). The molecule has 0 aliphatic rings. The van der Waals surface area contributed by atoms with Crippen LogP contribution in [0, 0.1) is 11.8 Å². The fraction of sp³-hybridized carbons (Fsp3) is 0.667. The summed E-state index contributed by atoms with van der Waals surface area (Å²) in [6.45, 7) is 9.26. The van der Waals surface area contributed by atoms with Crippen LogP contribution in [0.2, 0.25) is 0 Å². The van der Waals surface area contributed by atoms with Gasteiger partial charge in [-0.2, -0.15) is 0 Å². The Morgan fingerprint density at radius 2 is 1.44 bits per heavy atom. The Labute approximate surface area is 114 Å². The van der Waals surface area contributed by atoms with Crippen molar-refractivity contribution in [2.24, 2.45) is 11.8 Å². The first-order valence-corrected chi connectivity index (χ1v) is 7.69. The van der Waals surface area contributed by atoms with Crippen LogP contribution in [0.3, 0.4) is 0 Å². The van der Waals surface area contributed by atoms with Gasteiger partial charge in [-0.25, -0.2) is 0 Å². The zero-order chi connectivity index (χ0) is 13.4. The van der Waals surface area contributed by atoms with Gasteiger partial charge in [-0.1, -0.05) is 71.2 Å². The van der Waals surface area contributed by atoms with E-state index >= 15 is 0 Å². The molecule has 0 radical (unpaired) electrons. The molecule has 0 aliphatic heterocycles. The van der Waals surface area contributed by atoms with Crippen LogP contribution in [0.5, 0.6) is 0 Å². The number of benzene rings is 1. The van der Waals surface area contributed by atoms with Gasteiger partial charge in [0.25, 0.3) is 0 Å². The van der Waals surface area contributed by atoms with Crippen molar-refractivity contribution in [2.45, 2.75) is 66.2 Å². The average molecular weight is 246 g/mol. The third-order valence-corrected chi connectivity index (χ3v) is 3.84. The van der Waals surface area contributed by atoms with Gasteiger partial charge >= 0.3 is 0 Å². The average Bonchev–Trinajstić information content (AvgIpc) is 2.36. The Balaban J connectivity index is 2.22. The molecule has 0 spiro atoms. The molecular weight excluding hydrogens is 216 g/mol. The van der Waals surface area contributed by atoms with E-state index in [1.165, 1.54) is 43.2 Å². The van der Waals surface area contributed by atoms with Crippen molar-refractivity contribution in [3.63, 3.8) is 0 Å². The lowest BCUT2D eigenvalue weighted by atomic mass is 9.94. The van der Waals surface area contributed by atoms with Crippen molar-refractivity contribution in [1.82, 2.24) is 0 Å². The number of aryl methyl sites for hydroxylation is 2. The smallest absolute Gasteiger partial charge is 0.0276 e. The van der Waals surface area contributed by atoms with Gasteiger partial charge < -0.3 is 0 Å². The van der Waals surface area contributed by atoms with Crippen LogP contribution in [0.4, 0.5) is 0 Å². The fourth-order valence-electron chi connectivity index (χ4n) is 2.37. The Morgan fingerprint density at radius 1 is 0.833 bits per heavy atom. The Bertz CT molecular complexity index is 307. The van der Waals surface area contributed by atoms with Crippen molar-refractivity contribution in [1.29, 1.82) is 0 Å². The van der Waals surface area contributed by atoms with Gasteiger partial charge in [0.15, 0.2) is 0 Å². The highest BCUT2D eigenvalue weighted by molar-refractivity contribution is 5.22. The summed E-state index contributed by atoms with van der Waals surface area (Å²) in [5, 5.41) is 0. The summed E-state index contributed by atoms with van der Waals surface area (Å²) in [5.74, 6) is 1.73. The molecule has 102 valence electrons. The van der Waals surface area contributed by atoms with Crippen molar-refractivity contribution >= 4 is 0 Å². The molecule has 0 bridgehead atoms. The van der Waals surface area contributed by atoms with E-state index in [1.807, 2.05) is 0 Å². The molecular formula is C18H30. The summed E-state index contributed by atoms with van der Waals surface area (Å²) in [4.78, 5) is 0. The molecule has 0 heterocycles. The zero-order valence-electron chi connectivity index (χ0n) is 12.7. The van der Waals surface area contributed by atoms with Crippen molar-refractivity contribution in [3.05, 3.63) is 35.4 Å². The van der Waals surface area contributed by atoms with Gasteiger partial charge in [0.05, 0.1) is 0 Å². The van der Waals surface area contributed by atoms with Gasteiger partial charge in [0, 0.05) is 0 Å². The maximum Gasteiger partial charge on any atom is -0.0276 e. The second-order valence-electron chi connectivity index (χ2n) is 6.14. The number of hydrogen-bond donors (Lipinski definition) is 0. The van der Waals surface area contributed by atoms with Crippen molar-refractivity contribution in [2.75, 3.05) is 0 Å². The lowest BCUT2D eigenvalue weighted by Gasteiger charge is -2.12. The summed E-state index contributed by atoms with van der Waals surface area (Å²) < 4.78 is 0. The van der Waals surface area contributed by atoms with Crippen LogP contribution in [0.25, 0.3) is 0 Å². The lowest BCUT2D eigenvalue weighted by Crippen LogP contribution is -1.99. The van der Waals surface area contributed by atoms with Crippen molar-refractivity contribution in [3.8, 4) is 0 Å². The van der Waals surface area contributed by atoms with Crippen LogP contribution < -0.4 is 0 Å². The quantitative estimate of drug-likeness (QED) is 0.556. The molecule has 0 heteroatoms. The number of hydrogen-bond acceptors (Lipinski definition) is 0. The van der Waals surface area contributed by atoms with Crippen LogP contribution in [0.1, 0.15) is 64.5 Å². The number of rotatable bonds is 8. The molecule has 0 N–H and O–H groups in total. The predicted molar refractivity (Wildman–Crippen MR) is 82.0 cm³/mol. The van der Waals surface area contributed by atoms with Crippen LogP contribution in [0.15, 0.2) is 24.3 Å². The summed E-state index contributed by atoms with van der Waals surface area (Å²) in [5.41, 5.74) is 2.95. The van der Waals surface area contributed by atoms with E-state index in [0.717, 1.165) is 18.3 Å². The maximum atomic E-state index is 2.40. The maximum absolute atomic E-state index is 2.40. The molecule has 0 fully saturated rings. The monoisotopic (exact) mass is 246 g/mol. The largest absolute Gasteiger partial charge is 0.0628 e. The van der Waals surface area contributed by atoms with E-state index in [4.69, 9.17) is 0 Å². The topological polar surface area (TPSA) is 0 Å². The minimum absolute atomic E-state index is 0.860. The van der Waals surface area contributed by atoms with E-state index < -0.39 is 0 Å². The highest BCUT2D eigenvalue weighted by Crippen LogP contribution is 2.18. The molecule has 1 aromatic rings. The molecule has 0 amide bonds. The van der Waals surface area contributed by atoms with E-state index in [0.29, 0.717) is 0 Å². The summed E-state index contributed by atoms with van der Waals surface area (Å²) in [6.07, 6.45) is 7.90. The molecule has 0 aromatic heterocycles. The van der Waals surface area contributed by atoms with Crippen LogP contribution in [-0.4, -0.2) is 0 Å². The lowest BCUT2D eigenvalue weighted by molar-refractivity contribution is 0.437. The molecule has 1 aromatic carbocycles. The van der Waals surface area contributed by atoms with Crippen molar-refractivity contribution < 1.29 is 0 Å². The molecule has 1 atom stereocenters. The summed E-state index contributed by atoms with van der Waals surface area (Å²) in [6, 6.07) is 9.16. The van der Waals surface area contributed by atoms with E-state index in [9.17, 15) is 0 Å². The Kier molecular flexibility index (Phi) is 7.08. The zero-order valence-corrected chi connectivity index (χ0v) is 12.7. The van der Waals surface area contributed by atoms with E-state index in [2.05, 4.69) is 52.0 Å². The molecule has 0 saturated heterocycles. The summed E-state index contributed by atoms with van der Waals surface area (Å²) >= 11 is 0. The first kappa shape index (κ1) is 15.3. The second kappa shape index (κ2) is 8.34. The van der Waals surface area contributed by atoms with Crippen LogP contribution >= 0.6 is 0 Å². The second-order valence-corrected chi connectivity index (χ2v) is 6.14. The molecule has 0 saturated carbocycles. The minimum Gasteiger partial charge on any atom is -0.0628 e. The Morgan fingerprint density at radius 3 is 2.00 bits per heavy atom. The third kappa shape index (κ3) is 6.23. The van der Waals surface area contributed by atoms with Gasteiger partial charge in [-0.15, -0.1) is 0 Å². The first-order valence-electron chi connectivity index (χ1n) is 7.69. The fourth-order valence-corrected chi connectivity index (χ4v) is 2.37. The van der Waals surface area contributed by atoms with E-state index in [1.54, 1.807) is 0 Å². The molecule has 0 aliphatic carbocycles. The standard InChI is InChI=1S/C18H30/c1-5-17-11-13-18(14-12-17)10-9-16(4)8-6-7-15(2)3/h11-16H,5-10H2,1-4H3.